The van der Waals surface area contributed by atoms with E-state index in [0.717, 1.165) is 0 Å². The molecule has 0 aliphatic carbocycles. The van der Waals surface area contributed by atoms with Crippen LogP contribution in [-0.4, -0.2) is 34.4 Å². The number of hydrogen-bond acceptors (Lipinski definition) is 2. The van der Waals surface area contributed by atoms with Gasteiger partial charge in [0.1, 0.15) is 0 Å². The van der Waals surface area contributed by atoms with Crippen molar-refractivity contribution in [3.63, 3.8) is 0 Å². The summed E-state index contributed by atoms with van der Waals surface area (Å²) in [6.45, 7) is 6.91. The molecule has 0 fully saturated rings. The van der Waals surface area contributed by atoms with Crippen LogP contribution in [0.15, 0.2) is 0 Å². The molecule has 0 heterocycles. The molecule has 0 aliphatic rings. The molecule has 0 unspecified atom stereocenters. The maximum Gasteiger partial charge on any atom is 4.00 e. The standard InChI is InChI=1S/2C4H11O2P.2O.Ti/c2*1-3-7(5,6)4-2;;;/h2*3-4H2,1-2H3,(H,5,6);;;/q;;2*-2;+4. The number of hydrogen-bond donors (Lipinski definition) is 2. The zero-order valence-corrected chi connectivity index (χ0v) is 14.1. The molecule has 0 aromatic heterocycles. The third-order valence-electron chi connectivity index (χ3n) is 1.98. The summed E-state index contributed by atoms with van der Waals surface area (Å²) in [5.74, 6) is 0. The van der Waals surface area contributed by atoms with Gasteiger partial charge in [-0.2, -0.15) is 0 Å². The molecule has 0 saturated carbocycles. The van der Waals surface area contributed by atoms with Gasteiger partial charge in [0.15, 0.2) is 14.7 Å². The smallest absolute Gasteiger partial charge is 2.00 e. The normalized spacial score (nSPS) is 9.76. The second-order valence-electron chi connectivity index (χ2n) is 2.96. The van der Waals surface area contributed by atoms with Gasteiger partial charge in [-0.05, 0) is 0 Å². The first-order valence-corrected chi connectivity index (χ1v) is 8.92. The second-order valence-corrected chi connectivity index (χ2v) is 8.87. The number of rotatable bonds is 4. The van der Waals surface area contributed by atoms with E-state index >= 15 is 0 Å². The zero-order valence-electron chi connectivity index (χ0n) is 10.8. The molecule has 6 nitrogen and oxygen atoms in total. The van der Waals surface area contributed by atoms with Crippen molar-refractivity contribution in [2.75, 3.05) is 24.6 Å². The third kappa shape index (κ3) is 22.6. The Morgan fingerprint density at radius 1 is 0.706 bits per heavy atom. The van der Waals surface area contributed by atoms with Gasteiger partial charge in [0.2, 0.25) is 0 Å². The summed E-state index contributed by atoms with van der Waals surface area (Å²) in [6, 6.07) is 0. The average Bonchev–Trinajstić information content (AvgIpc) is 2.19. The Labute approximate surface area is 119 Å². The summed E-state index contributed by atoms with van der Waals surface area (Å²) in [5.41, 5.74) is 0. The SMILES string of the molecule is CCP(=O)(O)CC.CCP(=O)(O)CC.[O-2].[O-2].[Ti+4]. The van der Waals surface area contributed by atoms with E-state index in [1.165, 1.54) is 0 Å². The molecule has 9 heteroatoms. The molecule has 0 aromatic carbocycles. The van der Waals surface area contributed by atoms with Crippen LogP contribution in [0.4, 0.5) is 0 Å². The molecule has 17 heavy (non-hydrogen) atoms. The van der Waals surface area contributed by atoms with Crippen molar-refractivity contribution in [3.8, 4) is 0 Å². The van der Waals surface area contributed by atoms with Crippen LogP contribution < -0.4 is 0 Å². The summed E-state index contributed by atoms with van der Waals surface area (Å²) in [6.07, 6.45) is 1.62. The van der Waals surface area contributed by atoms with Gasteiger partial charge in [0.25, 0.3) is 0 Å². The molecule has 0 saturated heterocycles. The van der Waals surface area contributed by atoms with Crippen molar-refractivity contribution < 1.29 is 51.6 Å². The Bertz CT molecular complexity index is 196. The summed E-state index contributed by atoms with van der Waals surface area (Å²) in [7, 11) is -5.31. The first-order chi connectivity index (χ1) is 6.24. The van der Waals surface area contributed by atoms with Gasteiger partial charge in [0, 0.05) is 24.6 Å². The Morgan fingerprint density at radius 3 is 0.824 bits per heavy atom. The molecular weight excluding hydrogens is 302 g/mol. The zero-order chi connectivity index (χ0) is 11.8. The third-order valence-corrected chi connectivity index (χ3v) is 5.93. The maximum atomic E-state index is 10.5. The molecule has 0 radical (unpaired) electrons. The van der Waals surface area contributed by atoms with E-state index in [-0.39, 0.29) is 32.7 Å². The summed E-state index contributed by atoms with van der Waals surface area (Å²) in [5, 5.41) is 0. The predicted octanol–water partition coefficient (Wildman–Crippen LogP) is 2.35. The Morgan fingerprint density at radius 2 is 0.824 bits per heavy atom. The summed E-state index contributed by atoms with van der Waals surface area (Å²) >= 11 is 0. The van der Waals surface area contributed by atoms with Crippen molar-refractivity contribution in [1.29, 1.82) is 0 Å². The molecule has 0 aromatic rings. The Kier molecular flexibility index (Phi) is 27.3. The minimum atomic E-state index is -2.65. The van der Waals surface area contributed by atoms with Gasteiger partial charge in [-0.15, -0.1) is 0 Å². The summed E-state index contributed by atoms with van der Waals surface area (Å²) in [4.78, 5) is 17.4. The molecule has 0 aliphatic heterocycles. The quantitative estimate of drug-likeness (QED) is 0.606. The van der Waals surface area contributed by atoms with Gasteiger partial charge >= 0.3 is 21.7 Å². The van der Waals surface area contributed by atoms with E-state index in [1.54, 1.807) is 27.7 Å². The molecular formula is C8H22O6P2Ti. The van der Waals surface area contributed by atoms with Crippen molar-refractivity contribution in [3.05, 3.63) is 0 Å². The largest absolute Gasteiger partial charge is 4.00 e. The van der Waals surface area contributed by atoms with Crippen LogP contribution in [0, 0.1) is 0 Å². The minimum absolute atomic E-state index is 0. The molecule has 0 amide bonds. The molecule has 104 valence electrons. The van der Waals surface area contributed by atoms with E-state index in [9.17, 15) is 9.13 Å². The molecule has 0 rings (SSSR count). The Hall–Kier alpha value is 1.01. The van der Waals surface area contributed by atoms with Gasteiger partial charge in [-0.1, -0.05) is 27.7 Å². The van der Waals surface area contributed by atoms with Crippen molar-refractivity contribution in [1.82, 2.24) is 0 Å². The van der Waals surface area contributed by atoms with Crippen LogP contribution in [0.2, 0.25) is 0 Å². The van der Waals surface area contributed by atoms with Crippen molar-refractivity contribution in [2.45, 2.75) is 27.7 Å². The molecule has 0 atom stereocenters. The van der Waals surface area contributed by atoms with Crippen LogP contribution in [0.3, 0.4) is 0 Å². The Balaban J connectivity index is -0.0000000480. The van der Waals surface area contributed by atoms with Gasteiger partial charge < -0.3 is 20.7 Å². The van der Waals surface area contributed by atoms with Gasteiger partial charge in [-0.25, -0.2) is 0 Å². The van der Waals surface area contributed by atoms with Crippen molar-refractivity contribution in [2.24, 2.45) is 0 Å². The van der Waals surface area contributed by atoms with Crippen LogP contribution in [0.5, 0.6) is 0 Å². The van der Waals surface area contributed by atoms with Crippen LogP contribution in [0.25, 0.3) is 0 Å². The second kappa shape index (κ2) is 15.1. The van der Waals surface area contributed by atoms with E-state index in [2.05, 4.69) is 0 Å². The van der Waals surface area contributed by atoms with Crippen LogP contribution in [-0.2, 0) is 41.8 Å². The molecule has 0 spiro atoms. The van der Waals surface area contributed by atoms with E-state index in [0.29, 0.717) is 24.6 Å². The fourth-order valence-corrected chi connectivity index (χ4v) is 1.34. The van der Waals surface area contributed by atoms with Gasteiger partial charge in [0.05, 0.1) is 0 Å². The minimum Gasteiger partial charge on any atom is -2.00 e. The van der Waals surface area contributed by atoms with Crippen LogP contribution in [0.1, 0.15) is 27.7 Å². The van der Waals surface area contributed by atoms with Crippen molar-refractivity contribution >= 4 is 14.7 Å². The maximum absolute atomic E-state index is 10.5. The van der Waals surface area contributed by atoms with E-state index in [1.807, 2.05) is 0 Å². The van der Waals surface area contributed by atoms with Gasteiger partial charge in [-0.3, -0.25) is 9.13 Å². The topological polar surface area (TPSA) is 132 Å². The molecule has 0 bridgehead atoms. The fourth-order valence-electron chi connectivity index (χ4n) is 0.447. The summed E-state index contributed by atoms with van der Waals surface area (Å²) < 4.78 is 21.0. The predicted molar refractivity (Wildman–Crippen MR) is 63.2 cm³/mol. The molecule has 2 N–H and O–H groups in total. The fraction of sp³-hybridized carbons (Fsp3) is 1.00. The van der Waals surface area contributed by atoms with E-state index in [4.69, 9.17) is 9.79 Å². The monoisotopic (exact) mass is 324 g/mol. The first-order valence-electron chi connectivity index (χ1n) is 4.86. The first kappa shape index (κ1) is 30.8. The van der Waals surface area contributed by atoms with Crippen LogP contribution >= 0.6 is 14.7 Å². The van der Waals surface area contributed by atoms with E-state index < -0.39 is 14.7 Å². The average molecular weight is 324 g/mol.